The Labute approximate surface area is 159 Å². The molecule has 0 spiro atoms. The summed E-state index contributed by atoms with van der Waals surface area (Å²) in [7, 11) is 3.41. The van der Waals surface area contributed by atoms with Crippen LogP contribution in [0.1, 0.15) is 29.5 Å². The average Bonchev–Trinajstić information content (AvgIpc) is 3.34. The van der Waals surface area contributed by atoms with Crippen LogP contribution in [-0.2, 0) is 18.6 Å². The van der Waals surface area contributed by atoms with Gasteiger partial charge in [0, 0.05) is 30.0 Å². The first-order valence-electron chi connectivity index (χ1n) is 9.25. The normalized spacial score (nSPS) is 14.7. The molecule has 0 saturated heterocycles. The Morgan fingerprint density at radius 1 is 1.07 bits per heavy atom. The minimum atomic E-state index is 0.0916. The van der Waals surface area contributed by atoms with Crippen molar-refractivity contribution in [2.45, 2.75) is 31.5 Å². The molecule has 1 heterocycles. The molecule has 0 unspecified atom stereocenters. The van der Waals surface area contributed by atoms with E-state index in [-0.39, 0.29) is 5.54 Å². The van der Waals surface area contributed by atoms with E-state index in [1.54, 1.807) is 20.4 Å². The number of benzene rings is 2. The molecule has 140 valence electrons. The van der Waals surface area contributed by atoms with Crippen molar-refractivity contribution in [3.05, 3.63) is 77.6 Å². The van der Waals surface area contributed by atoms with Crippen LogP contribution in [0.15, 0.2) is 60.9 Å². The number of aromatic nitrogens is 2. The zero-order valence-electron chi connectivity index (χ0n) is 15.8. The van der Waals surface area contributed by atoms with Crippen molar-refractivity contribution in [1.29, 1.82) is 0 Å². The predicted octanol–water partition coefficient (Wildman–Crippen LogP) is 3.73. The van der Waals surface area contributed by atoms with Crippen molar-refractivity contribution >= 4 is 0 Å². The van der Waals surface area contributed by atoms with Gasteiger partial charge < -0.3 is 14.8 Å². The molecule has 1 saturated carbocycles. The fourth-order valence-electron chi connectivity index (χ4n) is 3.51. The van der Waals surface area contributed by atoms with Gasteiger partial charge in [-0.05, 0) is 54.3 Å². The quantitative estimate of drug-likeness (QED) is 0.663. The third-order valence-electron chi connectivity index (χ3n) is 5.26. The SMILES string of the molecule is COc1ccc(C2(NCc3ccc(OC)c(Cn4cccn4)c3)CC2)cc1. The molecule has 27 heavy (non-hydrogen) atoms. The van der Waals surface area contributed by atoms with Crippen LogP contribution >= 0.6 is 0 Å². The van der Waals surface area contributed by atoms with Crippen LogP contribution in [0, 0.1) is 0 Å². The Morgan fingerprint density at radius 2 is 1.89 bits per heavy atom. The summed E-state index contributed by atoms with van der Waals surface area (Å²) < 4.78 is 12.7. The number of nitrogens with one attached hydrogen (secondary N) is 1. The van der Waals surface area contributed by atoms with Crippen LogP contribution in [0.4, 0.5) is 0 Å². The van der Waals surface area contributed by atoms with Gasteiger partial charge in [0.05, 0.1) is 20.8 Å². The van der Waals surface area contributed by atoms with Crippen LogP contribution in [-0.4, -0.2) is 24.0 Å². The van der Waals surface area contributed by atoms with Gasteiger partial charge in [0.15, 0.2) is 0 Å². The number of methoxy groups -OCH3 is 2. The summed E-state index contributed by atoms with van der Waals surface area (Å²) in [5.41, 5.74) is 3.80. The van der Waals surface area contributed by atoms with Gasteiger partial charge in [-0.2, -0.15) is 5.10 Å². The molecule has 1 N–H and O–H groups in total. The minimum Gasteiger partial charge on any atom is -0.497 e. The van der Waals surface area contributed by atoms with Crippen LogP contribution in [0.25, 0.3) is 0 Å². The van der Waals surface area contributed by atoms with E-state index in [4.69, 9.17) is 9.47 Å². The lowest BCUT2D eigenvalue weighted by Gasteiger charge is -2.19. The monoisotopic (exact) mass is 363 g/mol. The molecule has 3 aromatic rings. The number of hydrogen-bond donors (Lipinski definition) is 1. The lowest BCUT2D eigenvalue weighted by atomic mass is 10.0. The predicted molar refractivity (Wildman–Crippen MR) is 105 cm³/mol. The molecular formula is C22H25N3O2. The second-order valence-electron chi connectivity index (χ2n) is 7.01. The molecule has 0 aliphatic heterocycles. The second-order valence-corrected chi connectivity index (χ2v) is 7.01. The van der Waals surface area contributed by atoms with Crippen molar-refractivity contribution in [2.24, 2.45) is 0 Å². The molecule has 0 amide bonds. The van der Waals surface area contributed by atoms with Gasteiger partial charge in [-0.1, -0.05) is 18.2 Å². The van der Waals surface area contributed by atoms with Gasteiger partial charge in [0.2, 0.25) is 0 Å². The van der Waals surface area contributed by atoms with Crippen molar-refractivity contribution in [2.75, 3.05) is 14.2 Å². The van der Waals surface area contributed by atoms with Crippen molar-refractivity contribution in [3.63, 3.8) is 0 Å². The van der Waals surface area contributed by atoms with E-state index < -0.39 is 0 Å². The van der Waals surface area contributed by atoms with Crippen molar-refractivity contribution in [3.8, 4) is 11.5 Å². The van der Waals surface area contributed by atoms with E-state index in [0.717, 1.165) is 36.4 Å². The standard InChI is InChI=1S/C22H25N3O2/c1-26-20-7-5-19(6-8-20)22(10-11-22)23-15-17-4-9-21(27-2)18(14-17)16-25-13-3-12-24-25/h3-9,12-14,23H,10-11,15-16H2,1-2H3. The van der Waals surface area contributed by atoms with Crippen LogP contribution in [0.3, 0.4) is 0 Å². The fourth-order valence-corrected chi connectivity index (χ4v) is 3.51. The van der Waals surface area contributed by atoms with Crippen LogP contribution < -0.4 is 14.8 Å². The zero-order valence-corrected chi connectivity index (χ0v) is 15.8. The van der Waals surface area contributed by atoms with Gasteiger partial charge in [-0.25, -0.2) is 0 Å². The molecular weight excluding hydrogens is 338 g/mol. The molecule has 0 radical (unpaired) electrons. The van der Waals surface area contributed by atoms with E-state index in [2.05, 4.69) is 34.7 Å². The molecule has 0 atom stereocenters. The van der Waals surface area contributed by atoms with Gasteiger partial charge in [-0.3, -0.25) is 4.68 Å². The molecule has 5 nitrogen and oxygen atoms in total. The highest BCUT2D eigenvalue weighted by atomic mass is 16.5. The van der Waals surface area contributed by atoms with Crippen LogP contribution in [0.5, 0.6) is 11.5 Å². The number of rotatable bonds is 8. The van der Waals surface area contributed by atoms with Crippen molar-refractivity contribution < 1.29 is 9.47 Å². The van der Waals surface area contributed by atoms with Crippen molar-refractivity contribution in [1.82, 2.24) is 15.1 Å². The number of ether oxygens (including phenoxy) is 2. The molecule has 1 fully saturated rings. The summed E-state index contributed by atoms with van der Waals surface area (Å²) in [4.78, 5) is 0. The van der Waals surface area contributed by atoms with Gasteiger partial charge in [-0.15, -0.1) is 0 Å². The molecule has 1 aromatic heterocycles. The summed E-state index contributed by atoms with van der Waals surface area (Å²) in [6.07, 6.45) is 6.09. The first kappa shape index (κ1) is 17.6. The largest absolute Gasteiger partial charge is 0.497 e. The van der Waals surface area contributed by atoms with E-state index in [0.29, 0.717) is 6.54 Å². The van der Waals surface area contributed by atoms with Gasteiger partial charge in [0.1, 0.15) is 11.5 Å². The number of hydrogen-bond acceptors (Lipinski definition) is 4. The summed E-state index contributed by atoms with van der Waals surface area (Å²) in [6, 6.07) is 16.7. The molecule has 1 aliphatic rings. The Bertz CT molecular complexity index is 884. The third kappa shape index (κ3) is 3.83. The van der Waals surface area contributed by atoms with E-state index in [9.17, 15) is 0 Å². The van der Waals surface area contributed by atoms with E-state index >= 15 is 0 Å². The third-order valence-corrected chi connectivity index (χ3v) is 5.26. The average molecular weight is 363 g/mol. The maximum Gasteiger partial charge on any atom is 0.123 e. The molecule has 4 rings (SSSR count). The molecule has 0 bridgehead atoms. The maximum atomic E-state index is 5.52. The van der Waals surface area contributed by atoms with Gasteiger partial charge in [0.25, 0.3) is 0 Å². The van der Waals surface area contributed by atoms with Gasteiger partial charge >= 0.3 is 0 Å². The summed E-state index contributed by atoms with van der Waals surface area (Å²) in [5.74, 6) is 1.79. The highest BCUT2D eigenvalue weighted by molar-refractivity contribution is 5.39. The topological polar surface area (TPSA) is 48.3 Å². The Balaban J connectivity index is 1.47. The summed E-state index contributed by atoms with van der Waals surface area (Å²) in [6.45, 7) is 1.52. The maximum absolute atomic E-state index is 5.52. The Kier molecular flexibility index (Phi) is 4.86. The summed E-state index contributed by atoms with van der Waals surface area (Å²) in [5, 5.41) is 8.06. The smallest absolute Gasteiger partial charge is 0.123 e. The first-order valence-corrected chi connectivity index (χ1v) is 9.25. The molecule has 2 aromatic carbocycles. The van der Waals surface area contributed by atoms with E-state index in [1.807, 2.05) is 35.1 Å². The lowest BCUT2D eigenvalue weighted by Crippen LogP contribution is -2.28. The van der Waals surface area contributed by atoms with E-state index in [1.165, 1.54) is 11.1 Å². The Hall–Kier alpha value is -2.79. The lowest BCUT2D eigenvalue weighted by molar-refractivity contribution is 0.407. The molecule has 5 heteroatoms. The Morgan fingerprint density at radius 3 is 2.52 bits per heavy atom. The van der Waals surface area contributed by atoms with Crippen LogP contribution in [0.2, 0.25) is 0 Å². The fraction of sp³-hybridized carbons (Fsp3) is 0.318. The first-order chi connectivity index (χ1) is 13.2. The highest BCUT2D eigenvalue weighted by Crippen LogP contribution is 2.46. The highest BCUT2D eigenvalue weighted by Gasteiger charge is 2.43. The zero-order chi connectivity index (χ0) is 18.7. The second kappa shape index (κ2) is 7.45. The number of nitrogens with zero attached hydrogens (tertiary/aromatic N) is 2. The summed E-state index contributed by atoms with van der Waals surface area (Å²) >= 11 is 0. The molecule has 1 aliphatic carbocycles. The minimum absolute atomic E-state index is 0.0916.